The van der Waals surface area contributed by atoms with Crippen molar-refractivity contribution >= 4 is 16.8 Å². The SMILES string of the molecule is Cc1[nH]nc2ccc(C(=O)NCC3(N(C)C)CCCCC3)cc12. The van der Waals surface area contributed by atoms with Crippen molar-refractivity contribution in [2.45, 2.75) is 44.6 Å². The monoisotopic (exact) mass is 314 g/mol. The number of carbonyl (C=O) groups excluding carboxylic acids is 1. The number of fused-ring (bicyclic) bond motifs is 1. The van der Waals surface area contributed by atoms with Gasteiger partial charge in [0.05, 0.1) is 5.52 Å². The average Bonchev–Trinajstić information content (AvgIpc) is 2.94. The van der Waals surface area contributed by atoms with Crippen molar-refractivity contribution in [2.24, 2.45) is 0 Å². The number of H-pyrrole nitrogens is 1. The highest BCUT2D eigenvalue weighted by Crippen LogP contribution is 2.31. The van der Waals surface area contributed by atoms with E-state index in [2.05, 4.69) is 34.5 Å². The van der Waals surface area contributed by atoms with Gasteiger partial charge in [-0.3, -0.25) is 9.89 Å². The molecule has 1 aromatic carbocycles. The number of nitrogens with zero attached hydrogens (tertiary/aromatic N) is 2. The summed E-state index contributed by atoms with van der Waals surface area (Å²) < 4.78 is 0. The predicted molar refractivity (Wildman–Crippen MR) is 92.7 cm³/mol. The summed E-state index contributed by atoms with van der Waals surface area (Å²) in [6.45, 7) is 2.68. The van der Waals surface area contributed by atoms with Crippen molar-refractivity contribution in [3.63, 3.8) is 0 Å². The maximum atomic E-state index is 12.6. The molecule has 23 heavy (non-hydrogen) atoms. The first-order valence-electron chi connectivity index (χ1n) is 8.42. The van der Waals surface area contributed by atoms with Crippen LogP contribution in [0.3, 0.4) is 0 Å². The Morgan fingerprint density at radius 1 is 1.30 bits per heavy atom. The molecule has 0 bridgehead atoms. The number of likely N-dealkylation sites (N-methyl/N-ethyl adjacent to an activating group) is 1. The molecule has 1 saturated carbocycles. The molecule has 0 unspecified atom stereocenters. The lowest BCUT2D eigenvalue weighted by molar-refractivity contribution is 0.0800. The second kappa shape index (κ2) is 6.32. The van der Waals surface area contributed by atoms with Crippen molar-refractivity contribution < 1.29 is 4.79 Å². The predicted octanol–water partition coefficient (Wildman–Crippen LogP) is 2.87. The molecule has 1 amide bonds. The van der Waals surface area contributed by atoms with Crippen LogP contribution in [0.2, 0.25) is 0 Å². The van der Waals surface area contributed by atoms with E-state index in [-0.39, 0.29) is 11.4 Å². The van der Waals surface area contributed by atoms with Crippen LogP contribution in [-0.2, 0) is 0 Å². The van der Waals surface area contributed by atoms with E-state index in [9.17, 15) is 4.79 Å². The number of benzene rings is 1. The number of nitrogens with one attached hydrogen (secondary N) is 2. The fourth-order valence-corrected chi connectivity index (χ4v) is 3.62. The summed E-state index contributed by atoms with van der Waals surface area (Å²) in [6, 6.07) is 5.67. The molecular weight excluding hydrogens is 288 g/mol. The first-order valence-corrected chi connectivity index (χ1v) is 8.42. The molecule has 0 spiro atoms. The van der Waals surface area contributed by atoms with Crippen LogP contribution in [0.1, 0.15) is 48.2 Å². The van der Waals surface area contributed by atoms with Crippen LogP contribution < -0.4 is 5.32 Å². The molecule has 5 heteroatoms. The van der Waals surface area contributed by atoms with Crippen LogP contribution in [0.4, 0.5) is 0 Å². The van der Waals surface area contributed by atoms with E-state index < -0.39 is 0 Å². The molecular formula is C18H26N4O. The Bertz CT molecular complexity index is 698. The number of rotatable bonds is 4. The van der Waals surface area contributed by atoms with Crippen molar-refractivity contribution in [3.05, 3.63) is 29.5 Å². The molecule has 0 aliphatic heterocycles. The van der Waals surface area contributed by atoms with Crippen molar-refractivity contribution in [1.29, 1.82) is 0 Å². The molecule has 1 aliphatic carbocycles. The van der Waals surface area contributed by atoms with Crippen LogP contribution in [-0.4, -0.2) is 47.2 Å². The Labute approximate surface area is 137 Å². The summed E-state index contributed by atoms with van der Waals surface area (Å²) in [7, 11) is 4.25. The summed E-state index contributed by atoms with van der Waals surface area (Å²) in [6.07, 6.45) is 6.10. The highest BCUT2D eigenvalue weighted by Gasteiger charge is 2.34. The van der Waals surface area contributed by atoms with E-state index in [0.717, 1.165) is 29.4 Å². The zero-order valence-corrected chi connectivity index (χ0v) is 14.3. The van der Waals surface area contributed by atoms with Gasteiger partial charge < -0.3 is 10.2 Å². The highest BCUT2D eigenvalue weighted by atomic mass is 16.1. The van der Waals surface area contributed by atoms with Crippen LogP contribution in [0.25, 0.3) is 10.9 Å². The molecule has 0 radical (unpaired) electrons. The van der Waals surface area contributed by atoms with Crippen molar-refractivity contribution in [2.75, 3.05) is 20.6 Å². The number of hydrogen-bond donors (Lipinski definition) is 2. The summed E-state index contributed by atoms with van der Waals surface area (Å²) in [4.78, 5) is 14.9. The zero-order chi connectivity index (χ0) is 16.4. The van der Waals surface area contributed by atoms with Gasteiger partial charge in [0, 0.05) is 28.7 Å². The topological polar surface area (TPSA) is 61.0 Å². The number of carbonyl (C=O) groups is 1. The normalized spacial score (nSPS) is 17.6. The van der Waals surface area contributed by atoms with Crippen LogP contribution >= 0.6 is 0 Å². The van der Waals surface area contributed by atoms with Crippen LogP contribution in [0.5, 0.6) is 0 Å². The maximum absolute atomic E-state index is 12.6. The largest absolute Gasteiger partial charge is 0.350 e. The van der Waals surface area contributed by atoms with Gasteiger partial charge in [0.15, 0.2) is 0 Å². The molecule has 1 aliphatic rings. The molecule has 1 heterocycles. The van der Waals surface area contributed by atoms with E-state index in [1.807, 2.05) is 25.1 Å². The van der Waals surface area contributed by atoms with Crippen LogP contribution in [0, 0.1) is 6.92 Å². The van der Waals surface area contributed by atoms with E-state index in [1.165, 1.54) is 19.3 Å². The number of aryl methyl sites for hydroxylation is 1. The first-order chi connectivity index (χ1) is 11.0. The third kappa shape index (κ3) is 3.11. The summed E-state index contributed by atoms with van der Waals surface area (Å²) in [5, 5.41) is 11.3. The molecule has 3 rings (SSSR count). The van der Waals surface area contributed by atoms with E-state index in [1.54, 1.807) is 0 Å². The summed E-state index contributed by atoms with van der Waals surface area (Å²) in [5.74, 6) is -0.000650. The molecule has 2 aromatic rings. The molecule has 5 nitrogen and oxygen atoms in total. The van der Waals surface area contributed by atoms with Gasteiger partial charge in [-0.25, -0.2) is 0 Å². The third-order valence-corrected chi connectivity index (χ3v) is 5.32. The van der Waals surface area contributed by atoms with Crippen molar-refractivity contribution in [1.82, 2.24) is 20.4 Å². The van der Waals surface area contributed by atoms with Gasteiger partial charge in [-0.2, -0.15) is 5.10 Å². The second-order valence-corrected chi connectivity index (χ2v) is 6.94. The van der Waals surface area contributed by atoms with E-state index in [4.69, 9.17) is 0 Å². The van der Waals surface area contributed by atoms with Gasteiger partial charge in [0.2, 0.25) is 0 Å². The smallest absolute Gasteiger partial charge is 0.251 e. The third-order valence-electron chi connectivity index (χ3n) is 5.32. The summed E-state index contributed by atoms with van der Waals surface area (Å²) >= 11 is 0. The molecule has 2 N–H and O–H groups in total. The fourth-order valence-electron chi connectivity index (χ4n) is 3.62. The molecule has 0 saturated heterocycles. The van der Waals surface area contributed by atoms with Crippen molar-refractivity contribution in [3.8, 4) is 0 Å². The van der Waals surface area contributed by atoms with Gasteiger partial charge in [-0.15, -0.1) is 0 Å². The lowest BCUT2D eigenvalue weighted by Gasteiger charge is -2.43. The highest BCUT2D eigenvalue weighted by molar-refractivity contribution is 5.98. The van der Waals surface area contributed by atoms with Gasteiger partial charge in [0.25, 0.3) is 5.91 Å². The molecule has 0 atom stereocenters. The Kier molecular flexibility index (Phi) is 4.39. The number of amides is 1. The minimum Gasteiger partial charge on any atom is -0.350 e. The van der Waals surface area contributed by atoms with Crippen LogP contribution in [0.15, 0.2) is 18.2 Å². The van der Waals surface area contributed by atoms with Gasteiger partial charge >= 0.3 is 0 Å². The lowest BCUT2D eigenvalue weighted by Crippen LogP contribution is -2.53. The summed E-state index contributed by atoms with van der Waals surface area (Å²) in [5.41, 5.74) is 2.69. The van der Waals surface area contributed by atoms with E-state index in [0.29, 0.717) is 12.1 Å². The minimum absolute atomic E-state index is 0.000650. The number of aromatic nitrogens is 2. The Morgan fingerprint density at radius 2 is 2.04 bits per heavy atom. The second-order valence-electron chi connectivity index (χ2n) is 6.94. The number of hydrogen-bond acceptors (Lipinski definition) is 3. The Hall–Kier alpha value is -1.88. The van der Waals surface area contributed by atoms with Gasteiger partial charge in [-0.05, 0) is 52.1 Å². The quantitative estimate of drug-likeness (QED) is 0.912. The van der Waals surface area contributed by atoms with Gasteiger partial charge in [-0.1, -0.05) is 19.3 Å². The fraction of sp³-hybridized carbons (Fsp3) is 0.556. The molecule has 1 fully saturated rings. The average molecular weight is 314 g/mol. The molecule has 124 valence electrons. The maximum Gasteiger partial charge on any atom is 0.251 e. The van der Waals surface area contributed by atoms with E-state index >= 15 is 0 Å². The first kappa shape index (κ1) is 16.0. The standard InChI is InChI=1S/C18H26N4O/c1-13-15-11-14(7-8-16(15)21-20-13)17(23)19-12-18(22(2)3)9-5-4-6-10-18/h7-8,11H,4-6,9-10,12H2,1-3H3,(H,19,23)(H,20,21). The lowest BCUT2D eigenvalue weighted by atomic mass is 9.80. The minimum atomic E-state index is -0.000650. The Balaban J connectivity index is 1.73. The Morgan fingerprint density at radius 3 is 2.74 bits per heavy atom. The van der Waals surface area contributed by atoms with Gasteiger partial charge in [0.1, 0.15) is 0 Å². The molecule has 1 aromatic heterocycles. The zero-order valence-electron chi connectivity index (χ0n) is 14.3. The number of aromatic amines is 1.